The molecule has 0 bridgehead atoms. The van der Waals surface area contributed by atoms with Gasteiger partial charge in [0.2, 0.25) is 0 Å². The van der Waals surface area contributed by atoms with Crippen LogP contribution in [0.3, 0.4) is 0 Å². The van der Waals surface area contributed by atoms with Gasteiger partial charge in [0, 0.05) is 35.6 Å². The number of carbonyl (C=O) groups excluding carboxylic acids is 4. The SMILES string of the molecule is COCC(=O)C(Cl)C(=O)OC.COCC(=O)CC(=O)OC.O=S(=O)(Cl)Cl. The highest BCUT2D eigenvalue weighted by atomic mass is 36.0. The summed E-state index contributed by atoms with van der Waals surface area (Å²) in [5.74, 6) is -2.05. The molecule has 0 fully saturated rings. The van der Waals surface area contributed by atoms with Crippen LogP contribution >= 0.6 is 33.0 Å². The lowest BCUT2D eigenvalue weighted by molar-refractivity contribution is -0.145. The number of rotatable bonds is 8. The maximum Gasteiger partial charge on any atom is 0.331 e. The summed E-state index contributed by atoms with van der Waals surface area (Å²) in [5.41, 5.74) is 0. The summed E-state index contributed by atoms with van der Waals surface area (Å²) in [6, 6.07) is 0. The van der Waals surface area contributed by atoms with Crippen molar-refractivity contribution in [3.8, 4) is 0 Å². The highest BCUT2D eigenvalue weighted by Crippen LogP contribution is 2.00. The molecule has 1 atom stereocenters. The second kappa shape index (κ2) is 17.4. The summed E-state index contributed by atoms with van der Waals surface area (Å²) >= 11 is 5.36. The summed E-state index contributed by atoms with van der Waals surface area (Å²) in [4.78, 5) is 42.4. The largest absolute Gasteiger partial charge is 0.469 e. The van der Waals surface area contributed by atoms with Gasteiger partial charge < -0.3 is 18.9 Å². The van der Waals surface area contributed by atoms with Crippen LogP contribution in [0.15, 0.2) is 0 Å². The maximum atomic E-state index is 10.8. The van der Waals surface area contributed by atoms with Crippen LogP contribution in [0.1, 0.15) is 6.42 Å². The highest BCUT2D eigenvalue weighted by molar-refractivity contribution is 8.31. The molecule has 0 aromatic rings. The number of Topliss-reactive ketones (excluding diaryl/α,β-unsaturated/α-hetero) is 2. The van der Waals surface area contributed by atoms with Gasteiger partial charge in [-0.1, -0.05) is 0 Å². The first-order valence-corrected chi connectivity index (χ1v) is 9.86. The smallest absolute Gasteiger partial charge is 0.331 e. The fraction of sp³-hybridized carbons (Fsp3) is 0.667. The summed E-state index contributed by atoms with van der Waals surface area (Å²) in [6.45, 7) is -0.210. The Kier molecular flexibility index (Phi) is 20.0. The fourth-order valence-electron chi connectivity index (χ4n) is 0.896. The van der Waals surface area contributed by atoms with Crippen molar-refractivity contribution in [2.75, 3.05) is 41.7 Å². The van der Waals surface area contributed by atoms with E-state index in [1.54, 1.807) is 0 Å². The van der Waals surface area contributed by atoms with E-state index in [4.69, 9.17) is 20.0 Å². The van der Waals surface area contributed by atoms with Crippen molar-refractivity contribution < 1.29 is 46.5 Å². The number of carbonyl (C=O) groups is 4. The lowest BCUT2D eigenvalue weighted by Crippen LogP contribution is -2.28. The average molecular weight is 462 g/mol. The van der Waals surface area contributed by atoms with Gasteiger partial charge in [0.25, 0.3) is 0 Å². The molecule has 0 N–H and O–H groups in total. The molecule has 0 amide bonds. The molecule has 0 aromatic heterocycles. The van der Waals surface area contributed by atoms with Crippen molar-refractivity contribution in [1.82, 2.24) is 0 Å². The molecule has 0 rings (SSSR count). The van der Waals surface area contributed by atoms with Crippen LogP contribution in [0.2, 0.25) is 0 Å². The second-order valence-corrected chi connectivity index (χ2v) is 7.99. The summed E-state index contributed by atoms with van der Waals surface area (Å²) in [6.07, 6.45) is -0.204. The Morgan fingerprint density at radius 1 is 0.885 bits per heavy atom. The van der Waals surface area contributed by atoms with Crippen LogP contribution in [-0.2, 0) is 46.4 Å². The van der Waals surface area contributed by atoms with Gasteiger partial charge in [0.15, 0.2) is 16.9 Å². The predicted molar refractivity (Wildman–Crippen MR) is 92.7 cm³/mol. The number of methoxy groups -OCH3 is 4. The zero-order valence-electron chi connectivity index (χ0n) is 14.3. The second-order valence-electron chi connectivity index (χ2n) is 3.89. The van der Waals surface area contributed by atoms with E-state index in [9.17, 15) is 19.2 Å². The van der Waals surface area contributed by atoms with Gasteiger partial charge in [-0.3, -0.25) is 14.4 Å². The Morgan fingerprint density at radius 3 is 1.62 bits per heavy atom. The van der Waals surface area contributed by atoms with E-state index in [1.165, 1.54) is 21.3 Å². The lowest BCUT2D eigenvalue weighted by Gasteiger charge is -2.04. The van der Waals surface area contributed by atoms with Gasteiger partial charge in [0.05, 0.1) is 14.2 Å². The molecule has 154 valence electrons. The molecule has 0 radical (unpaired) electrons. The van der Waals surface area contributed by atoms with Crippen molar-refractivity contribution >= 4 is 64.7 Å². The van der Waals surface area contributed by atoms with E-state index in [2.05, 4.69) is 40.3 Å². The van der Waals surface area contributed by atoms with Crippen LogP contribution in [-0.4, -0.2) is 79.0 Å². The molecule has 10 nitrogen and oxygen atoms in total. The van der Waals surface area contributed by atoms with Crippen LogP contribution in [0, 0.1) is 0 Å². The Bertz CT molecular complexity index is 541. The van der Waals surface area contributed by atoms with E-state index >= 15 is 0 Å². The summed E-state index contributed by atoms with van der Waals surface area (Å²) < 4.78 is 35.8. The van der Waals surface area contributed by atoms with Crippen LogP contribution in [0.25, 0.3) is 0 Å². The molecule has 26 heavy (non-hydrogen) atoms. The Hall–Kier alpha value is -0.980. The Morgan fingerprint density at radius 2 is 1.31 bits per heavy atom. The first-order valence-electron chi connectivity index (χ1n) is 6.29. The fourth-order valence-corrected chi connectivity index (χ4v) is 1.05. The van der Waals surface area contributed by atoms with Gasteiger partial charge in [-0.05, 0) is 0 Å². The third kappa shape index (κ3) is 25.3. The van der Waals surface area contributed by atoms with E-state index in [0.717, 1.165) is 7.11 Å². The average Bonchev–Trinajstić information content (AvgIpc) is 2.52. The molecule has 1 unspecified atom stereocenters. The topological polar surface area (TPSA) is 139 Å². The van der Waals surface area contributed by atoms with Gasteiger partial charge in [-0.2, -0.15) is 8.42 Å². The van der Waals surface area contributed by atoms with Crippen molar-refractivity contribution in [2.45, 2.75) is 11.8 Å². The van der Waals surface area contributed by atoms with Gasteiger partial charge in [-0.15, -0.1) is 11.6 Å². The minimum atomic E-state index is -3.72. The predicted octanol–water partition coefficient (Wildman–Crippen LogP) is 0.456. The van der Waals surface area contributed by atoms with E-state index in [0.29, 0.717) is 0 Å². The van der Waals surface area contributed by atoms with Gasteiger partial charge >= 0.3 is 20.2 Å². The van der Waals surface area contributed by atoms with Crippen LogP contribution in [0.4, 0.5) is 0 Å². The number of esters is 2. The minimum Gasteiger partial charge on any atom is -0.469 e. The number of ketones is 2. The molecule has 0 aromatic carbocycles. The van der Waals surface area contributed by atoms with Crippen LogP contribution < -0.4 is 0 Å². The van der Waals surface area contributed by atoms with Crippen molar-refractivity contribution in [3.63, 3.8) is 0 Å². The molecule has 0 aliphatic rings. The monoisotopic (exact) mass is 460 g/mol. The quantitative estimate of drug-likeness (QED) is 0.217. The molecule has 0 spiro atoms. The number of halogens is 3. The molecule has 0 heterocycles. The van der Waals surface area contributed by atoms with E-state index < -0.39 is 31.4 Å². The maximum absolute atomic E-state index is 10.8. The molecule has 0 aliphatic heterocycles. The van der Waals surface area contributed by atoms with Crippen molar-refractivity contribution in [2.24, 2.45) is 0 Å². The summed E-state index contributed by atoms with van der Waals surface area (Å²) in [7, 11) is 9.96. The Labute approximate surface area is 164 Å². The van der Waals surface area contributed by atoms with Crippen LogP contribution in [0.5, 0.6) is 0 Å². The third-order valence-corrected chi connectivity index (χ3v) is 2.27. The first kappa shape index (κ1) is 29.8. The third-order valence-electron chi connectivity index (χ3n) is 1.85. The summed E-state index contributed by atoms with van der Waals surface area (Å²) in [5, 5.41) is -1.25. The number of hydrogen-bond donors (Lipinski definition) is 0. The van der Waals surface area contributed by atoms with Gasteiger partial charge in [0.1, 0.15) is 19.6 Å². The zero-order chi connectivity index (χ0) is 21.3. The molecular weight excluding hydrogens is 443 g/mol. The first-order chi connectivity index (χ1) is 11.8. The highest BCUT2D eigenvalue weighted by Gasteiger charge is 2.23. The normalized spacial score (nSPS) is 10.9. The molecule has 0 aliphatic carbocycles. The Balaban J connectivity index is -0.000000327. The minimum absolute atomic E-state index is 0.0326. The van der Waals surface area contributed by atoms with E-state index in [1.807, 2.05) is 0 Å². The number of alkyl halides is 1. The molecule has 14 heteroatoms. The molecule has 0 saturated carbocycles. The van der Waals surface area contributed by atoms with Crippen molar-refractivity contribution in [3.05, 3.63) is 0 Å². The molecule has 0 saturated heterocycles. The van der Waals surface area contributed by atoms with E-state index in [-0.39, 0.29) is 25.4 Å². The number of ether oxygens (including phenoxy) is 4. The lowest BCUT2D eigenvalue weighted by atomic mass is 10.3. The molecular formula is C12H19Cl3O10S. The number of hydrogen-bond acceptors (Lipinski definition) is 10. The zero-order valence-corrected chi connectivity index (χ0v) is 17.4. The standard InChI is InChI=1S/C6H9ClO4.C6H10O4.Cl2O2S/c1-10-3-4(8)5(7)6(9)11-2;1-9-4-5(7)3-6(8)10-2;1-5(2,3)4/h5H,3H2,1-2H3;3-4H2,1-2H3;. The van der Waals surface area contributed by atoms with Crippen molar-refractivity contribution in [1.29, 1.82) is 0 Å². The van der Waals surface area contributed by atoms with Gasteiger partial charge in [-0.25, -0.2) is 4.79 Å².